The van der Waals surface area contributed by atoms with Crippen molar-refractivity contribution in [1.82, 2.24) is 6.15 Å². The summed E-state index contributed by atoms with van der Waals surface area (Å²) in [5.41, 5.74) is 1.46. The Labute approximate surface area is 354 Å². The zero-order chi connectivity index (χ0) is 37.8. The zero-order valence-electron chi connectivity index (χ0n) is 39.0. The van der Waals surface area contributed by atoms with Crippen molar-refractivity contribution in [2.45, 2.75) is 195 Å². The average molecular weight is 813 g/mol. The molecular formula is C47H105Cl2N4O+3. The molecule has 0 saturated carbocycles. The lowest BCUT2D eigenvalue weighted by atomic mass is 10.0. The molecule has 0 aliphatic carbocycles. The van der Waals surface area contributed by atoms with E-state index in [2.05, 4.69) is 107 Å². The van der Waals surface area contributed by atoms with Gasteiger partial charge in [-0.05, 0) is 46.5 Å². The molecule has 0 radical (unpaired) electrons. The van der Waals surface area contributed by atoms with E-state index < -0.39 is 0 Å². The Bertz CT molecular complexity index is 787. The highest BCUT2D eigenvalue weighted by atomic mass is 35.5. The fourth-order valence-electron chi connectivity index (χ4n) is 6.83. The van der Waals surface area contributed by atoms with Crippen LogP contribution in [-0.2, 0) is 6.54 Å². The lowest BCUT2D eigenvalue weighted by Gasteiger charge is -2.35. The van der Waals surface area contributed by atoms with Crippen molar-refractivity contribution in [2.24, 2.45) is 0 Å². The Hall–Kier alpha value is -0.400. The summed E-state index contributed by atoms with van der Waals surface area (Å²) in [5.74, 6) is 0. The molecule has 5 N–H and O–H groups in total. The van der Waals surface area contributed by atoms with Gasteiger partial charge in [0.15, 0.2) is 0 Å². The van der Waals surface area contributed by atoms with Crippen LogP contribution in [0.1, 0.15) is 194 Å². The minimum Gasteiger partial charge on any atom is -0.412 e. The number of hydrogen-bond donors (Lipinski definition) is 1. The fourth-order valence-corrected chi connectivity index (χ4v) is 6.83. The third-order valence-corrected chi connectivity index (χ3v) is 10.7. The summed E-state index contributed by atoms with van der Waals surface area (Å²) in [6, 6.07) is 10.8. The van der Waals surface area contributed by atoms with Gasteiger partial charge in [-0.3, -0.25) is 0 Å². The van der Waals surface area contributed by atoms with Gasteiger partial charge in [-0.25, -0.2) is 0 Å². The van der Waals surface area contributed by atoms with Crippen molar-refractivity contribution in [3.63, 3.8) is 0 Å². The van der Waals surface area contributed by atoms with Crippen LogP contribution in [-0.4, -0.2) is 93.9 Å². The average Bonchev–Trinajstić information content (AvgIpc) is 3.08. The van der Waals surface area contributed by atoms with Gasteiger partial charge in [0, 0.05) is 5.56 Å². The second-order valence-corrected chi connectivity index (χ2v) is 17.7. The molecule has 0 bridgehead atoms. The Morgan fingerprint density at radius 2 is 0.611 bits per heavy atom. The van der Waals surface area contributed by atoms with E-state index in [1.165, 1.54) is 203 Å². The minimum absolute atomic E-state index is 0. The predicted octanol–water partition coefficient (Wildman–Crippen LogP) is 14.0. The summed E-state index contributed by atoms with van der Waals surface area (Å²) in [4.78, 5) is 0. The van der Waals surface area contributed by atoms with E-state index in [1.54, 1.807) is 0 Å². The van der Waals surface area contributed by atoms with Crippen molar-refractivity contribution >= 4 is 24.8 Å². The molecule has 0 aliphatic heterocycles. The van der Waals surface area contributed by atoms with Crippen molar-refractivity contribution < 1.29 is 18.9 Å². The third-order valence-electron chi connectivity index (χ3n) is 10.7. The molecule has 0 heterocycles. The molecule has 0 aliphatic rings. The molecule has 1 aromatic rings. The quantitative estimate of drug-likeness (QED) is 0.0589. The Morgan fingerprint density at radius 3 is 0.833 bits per heavy atom. The van der Waals surface area contributed by atoms with Gasteiger partial charge in [-0.15, -0.1) is 24.8 Å². The van der Waals surface area contributed by atoms with Crippen LogP contribution in [0.5, 0.6) is 0 Å². The van der Waals surface area contributed by atoms with Crippen LogP contribution in [0, 0.1) is 0 Å². The molecule has 7 heteroatoms. The highest BCUT2D eigenvalue weighted by Gasteiger charge is 2.20. The lowest BCUT2D eigenvalue weighted by molar-refractivity contribution is -0.936. The van der Waals surface area contributed by atoms with E-state index in [0.717, 1.165) is 8.97 Å². The molecule has 5 nitrogen and oxygen atoms in total. The van der Waals surface area contributed by atoms with Crippen LogP contribution in [0.15, 0.2) is 30.3 Å². The monoisotopic (exact) mass is 812 g/mol. The van der Waals surface area contributed by atoms with E-state index >= 15 is 0 Å². The molecule has 1 aromatic carbocycles. The van der Waals surface area contributed by atoms with Gasteiger partial charge in [0.25, 0.3) is 0 Å². The van der Waals surface area contributed by atoms with E-state index in [4.69, 9.17) is 0 Å². The number of unbranched alkanes of at least 4 members (excludes halogenated alkanes) is 22. The summed E-state index contributed by atoms with van der Waals surface area (Å²) in [6.07, 6.45) is 34.8. The van der Waals surface area contributed by atoms with Crippen LogP contribution in [0.4, 0.5) is 0 Å². The van der Waals surface area contributed by atoms with Gasteiger partial charge < -0.3 is 25.1 Å². The molecule has 1 rings (SSSR count). The lowest BCUT2D eigenvalue weighted by Crippen LogP contribution is -2.46. The van der Waals surface area contributed by atoms with Gasteiger partial charge in [0.1, 0.15) is 6.54 Å². The first-order valence-corrected chi connectivity index (χ1v) is 22.4. The van der Waals surface area contributed by atoms with Gasteiger partial charge in [-0.1, -0.05) is 173 Å². The van der Waals surface area contributed by atoms with Crippen LogP contribution in [0.25, 0.3) is 0 Å². The standard InChI is InChI=1S/C19H42N.C15H34N.C13H22N.2ClH.H3N.H2O/c1-5-6-7-8-9-10-11-12-13-14-15-16-17-18-19-20(2,3)4;1-5-6-7-8-9-10-11-12-13-14-15-16(2,3)4;1-4-14(5-2,6-3)12-13-10-8-7-9-11-13;;;;/h5-19H2,1-4H3;5-15H2,1-4H3;7-11H,4-6,12H2,1-3H3;2*1H;1H3;1H2/q3*+1;;;;. The fraction of sp³-hybridized carbons (Fsp3) is 0.872. The number of halogens is 2. The van der Waals surface area contributed by atoms with E-state index in [9.17, 15) is 0 Å². The number of rotatable bonds is 31. The van der Waals surface area contributed by atoms with Crippen LogP contribution < -0.4 is 6.15 Å². The number of benzene rings is 1. The number of quaternary nitrogens is 3. The third kappa shape index (κ3) is 49.6. The molecule has 54 heavy (non-hydrogen) atoms. The Balaban J connectivity index is -0.000000156. The van der Waals surface area contributed by atoms with Gasteiger partial charge in [-0.2, -0.15) is 0 Å². The molecule has 0 saturated heterocycles. The maximum atomic E-state index is 2.29. The minimum atomic E-state index is 0. The second-order valence-electron chi connectivity index (χ2n) is 17.7. The number of nitrogens with zero attached hydrogens (tertiary/aromatic N) is 3. The van der Waals surface area contributed by atoms with Crippen molar-refractivity contribution in [2.75, 3.05) is 75.0 Å². The van der Waals surface area contributed by atoms with Crippen molar-refractivity contribution in [1.29, 1.82) is 0 Å². The highest BCUT2D eigenvalue weighted by molar-refractivity contribution is 5.85. The SMILES string of the molecule is CCCCCCCCCCCCCCCC[N+](C)(C)C.CCCCCCCCCCCC[N+](C)(C)C.CC[N+](CC)(CC)Cc1ccccc1.Cl.Cl.N.O. The van der Waals surface area contributed by atoms with Gasteiger partial charge >= 0.3 is 0 Å². The first-order chi connectivity index (χ1) is 23.9. The van der Waals surface area contributed by atoms with E-state index in [-0.39, 0.29) is 36.4 Å². The van der Waals surface area contributed by atoms with Crippen molar-refractivity contribution in [3.8, 4) is 0 Å². The maximum Gasteiger partial charge on any atom is 0.104 e. The first-order valence-electron chi connectivity index (χ1n) is 22.4. The summed E-state index contributed by atoms with van der Waals surface area (Å²) in [5, 5.41) is 0. The zero-order valence-corrected chi connectivity index (χ0v) is 40.6. The summed E-state index contributed by atoms with van der Waals surface area (Å²) < 4.78 is 3.44. The predicted molar refractivity (Wildman–Crippen MR) is 253 cm³/mol. The Morgan fingerprint density at radius 1 is 0.370 bits per heavy atom. The topological polar surface area (TPSA) is 66.5 Å². The first kappa shape index (κ1) is 65.5. The van der Waals surface area contributed by atoms with Crippen LogP contribution >= 0.6 is 24.8 Å². The van der Waals surface area contributed by atoms with Crippen LogP contribution in [0.2, 0.25) is 0 Å². The molecule has 0 aromatic heterocycles. The molecule has 0 spiro atoms. The molecule has 0 atom stereocenters. The van der Waals surface area contributed by atoms with Crippen molar-refractivity contribution in [3.05, 3.63) is 35.9 Å². The second kappa shape index (κ2) is 45.3. The molecule has 0 fully saturated rings. The molecule has 0 amide bonds. The smallest absolute Gasteiger partial charge is 0.104 e. The summed E-state index contributed by atoms with van der Waals surface area (Å²) in [6.45, 7) is 18.9. The summed E-state index contributed by atoms with van der Waals surface area (Å²) >= 11 is 0. The maximum absolute atomic E-state index is 2.29. The Kier molecular flexibility index (Phi) is 54.9. The van der Waals surface area contributed by atoms with E-state index in [1.807, 2.05) is 0 Å². The molecular weight excluding hydrogens is 707 g/mol. The number of hydrogen-bond acceptors (Lipinski definition) is 1. The van der Waals surface area contributed by atoms with Crippen LogP contribution in [0.3, 0.4) is 0 Å². The van der Waals surface area contributed by atoms with Gasteiger partial charge in [0.05, 0.1) is 75.0 Å². The van der Waals surface area contributed by atoms with E-state index in [0.29, 0.717) is 0 Å². The summed E-state index contributed by atoms with van der Waals surface area (Å²) in [7, 11) is 13.7. The highest BCUT2D eigenvalue weighted by Crippen LogP contribution is 2.15. The molecule has 0 unspecified atom stereocenters. The van der Waals surface area contributed by atoms with Gasteiger partial charge in [0.2, 0.25) is 0 Å². The largest absolute Gasteiger partial charge is 0.412 e. The normalized spacial score (nSPS) is 11.0. The molecule has 330 valence electrons.